The van der Waals surface area contributed by atoms with E-state index in [1.165, 1.54) is 12.1 Å². The highest BCUT2D eigenvalue weighted by atomic mass is 16.4. The first-order valence-corrected chi connectivity index (χ1v) is 5.98. The Morgan fingerprint density at radius 2 is 2.05 bits per heavy atom. The normalized spacial score (nSPS) is 10.2. The zero-order valence-electron chi connectivity index (χ0n) is 10.6. The highest BCUT2D eigenvalue weighted by Crippen LogP contribution is 2.09. The van der Waals surface area contributed by atoms with Crippen LogP contribution in [-0.2, 0) is 17.8 Å². The molecule has 104 valence electrons. The standard InChI is InChI=1S/C14H14N2O4/c15-10-3-1-2-9(6-10)7-13(17)16-8-11-4-5-12(20-11)14(18)19/h1-6H,7-8,15H2,(H,16,17)(H,18,19). The van der Waals surface area contributed by atoms with Crippen molar-refractivity contribution in [3.05, 3.63) is 53.5 Å². The van der Waals surface area contributed by atoms with Crippen molar-refractivity contribution in [3.8, 4) is 0 Å². The molecule has 0 radical (unpaired) electrons. The maximum Gasteiger partial charge on any atom is 0.371 e. The molecule has 4 N–H and O–H groups in total. The van der Waals surface area contributed by atoms with Gasteiger partial charge in [-0.25, -0.2) is 4.79 Å². The molecule has 6 heteroatoms. The van der Waals surface area contributed by atoms with E-state index in [1.807, 2.05) is 6.07 Å². The lowest BCUT2D eigenvalue weighted by Gasteiger charge is -2.04. The number of furan rings is 1. The number of aromatic carboxylic acids is 1. The summed E-state index contributed by atoms with van der Waals surface area (Å²) in [6.45, 7) is 0.147. The van der Waals surface area contributed by atoms with Gasteiger partial charge in [-0.2, -0.15) is 0 Å². The van der Waals surface area contributed by atoms with Gasteiger partial charge in [0.25, 0.3) is 0 Å². The molecule has 1 aromatic carbocycles. The number of hydrogen-bond acceptors (Lipinski definition) is 4. The molecule has 1 amide bonds. The van der Waals surface area contributed by atoms with Gasteiger partial charge in [0.05, 0.1) is 13.0 Å². The van der Waals surface area contributed by atoms with Gasteiger partial charge in [0, 0.05) is 5.69 Å². The number of benzene rings is 1. The number of anilines is 1. The van der Waals surface area contributed by atoms with Crippen LogP contribution in [0.1, 0.15) is 21.9 Å². The van der Waals surface area contributed by atoms with E-state index in [4.69, 9.17) is 15.3 Å². The lowest BCUT2D eigenvalue weighted by Crippen LogP contribution is -2.24. The van der Waals surface area contributed by atoms with Crippen LogP contribution in [0.15, 0.2) is 40.8 Å². The minimum Gasteiger partial charge on any atom is -0.475 e. The fourth-order valence-corrected chi connectivity index (χ4v) is 1.72. The Kier molecular flexibility index (Phi) is 4.05. The second-order valence-electron chi connectivity index (χ2n) is 4.27. The number of hydrogen-bond donors (Lipinski definition) is 3. The Hall–Kier alpha value is -2.76. The van der Waals surface area contributed by atoms with Crippen LogP contribution in [0.3, 0.4) is 0 Å². The van der Waals surface area contributed by atoms with Gasteiger partial charge in [-0.3, -0.25) is 4.79 Å². The summed E-state index contributed by atoms with van der Waals surface area (Å²) in [5, 5.41) is 11.4. The maximum absolute atomic E-state index is 11.7. The van der Waals surface area contributed by atoms with Crippen LogP contribution in [-0.4, -0.2) is 17.0 Å². The summed E-state index contributed by atoms with van der Waals surface area (Å²) in [7, 11) is 0. The Morgan fingerprint density at radius 1 is 1.25 bits per heavy atom. The lowest BCUT2D eigenvalue weighted by molar-refractivity contribution is -0.120. The van der Waals surface area contributed by atoms with Crippen molar-refractivity contribution in [1.29, 1.82) is 0 Å². The first-order valence-electron chi connectivity index (χ1n) is 5.98. The Labute approximate surface area is 115 Å². The van der Waals surface area contributed by atoms with E-state index in [0.29, 0.717) is 11.4 Å². The first-order chi connectivity index (χ1) is 9.54. The van der Waals surface area contributed by atoms with Crippen LogP contribution in [0, 0.1) is 0 Å². The van der Waals surface area contributed by atoms with Gasteiger partial charge in [-0.15, -0.1) is 0 Å². The number of carboxylic acid groups (broad SMARTS) is 1. The molecule has 6 nitrogen and oxygen atoms in total. The summed E-state index contributed by atoms with van der Waals surface area (Å²) in [5.41, 5.74) is 7.05. The van der Waals surface area contributed by atoms with Gasteiger partial charge in [0.1, 0.15) is 5.76 Å². The first kappa shape index (κ1) is 13.7. The van der Waals surface area contributed by atoms with Crippen molar-refractivity contribution in [2.24, 2.45) is 0 Å². The third kappa shape index (κ3) is 3.61. The summed E-state index contributed by atoms with van der Waals surface area (Å²) < 4.78 is 5.03. The number of carbonyl (C=O) groups is 2. The van der Waals surface area contributed by atoms with Gasteiger partial charge >= 0.3 is 5.97 Å². The predicted molar refractivity (Wildman–Crippen MR) is 72.1 cm³/mol. The molecule has 0 bridgehead atoms. The lowest BCUT2D eigenvalue weighted by atomic mass is 10.1. The smallest absolute Gasteiger partial charge is 0.371 e. The Bertz CT molecular complexity index is 634. The second-order valence-corrected chi connectivity index (χ2v) is 4.27. The molecule has 0 fully saturated rings. The molecule has 0 spiro atoms. The largest absolute Gasteiger partial charge is 0.475 e. The maximum atomic E-state index is 11.7. The van der Waals surface area contributed by atoms with E-state index in [-0.39, 0.29) is 24.6 Å². The van der Waals surface area contributed by atoms with E-state index < -0.39 is 5.97 Å². The number of carboxylic acids is 1. The fourth-order valence-electron chi connectivity index (χ4n) is 1.72. The average molecular weight is 274 g/mol. The molecule has 2 rings (SSSR count). The van der Waals surface area contributed by atoms with Gasteiger partial charge in [0.15, 0.2) is 0 Å². The fraction of sp³-hybridized carbons (Fsp3) is 0.143. The zero-order chi connectivity index (χ0) is 14.5. The minimum absolute atomic E-state index is 0.147. The number of amides is 1. The molecular formula is C14H14N2O4. The van der Waals surface area contributed by atoms with Crippen molar-refractivity contribution >= 4 is 17.6 Å². The number of rotatable bonds is 5. The second kappa shape index (κ2) is 5.92. The molecule has 1 heterocycles. The molecule has 0 aliphatic carbocycles. The van der Waals surface area contributed by atoms with Gasteiger partial charge in [-0.05, 0) is 29.8 Å². The minimum atomic E-state index is -1.14. The van der Waals surface area contributed by atoms with Crippen molar-refractivity contribution in [2.45, 2.75) is 13.0 Å². The average Bonchev–Trinajstić information content (AvgIpc) is 2.85. The van der Waals surface area contributed by atoms with E-state index >= 15 is 0 Å². The topological polar surface area (TPSA) is 106 Å². The molecule has 0 unspecified atom stereocenters. The molecule has 0 aliphatic heterocycles. The van der Waals surface area contributed by atoms with Crippen LogP contribution in [0.5, 0.6) is 0 Å². The van der Waals surface area contributed by atoms with Crippen LogP contribution < -0.4 is 11.1 Å². The molecule has 0 saturated heterocycles. The van der Waals surface area contributed by atoms with Crippen molar-refractivity contribution in [2.75, 3.05) is 5.73 Å². The predicted octanol–water partition coefficient (Wildman–Crippen LogP) is 1.42. The van der Waals surface area contributed by atoms with Crippen LogP contribution >= 0.6 is 0 Å². The molecule has 2 aromatic rings. The molecule has 1 aromatic heterocycles. The summed E-state index contributed by atoms with van der Waals surface area (Å²) >= 11 is 0. The van der Waals surface area contributed by atoms with E-state index in [9.17, 15) is 9.59 Å². The Morgan fingerprint density at radius 3 is 2.70 bits per heavy atom. The van der Waals surface area contributed by atoms with Crippen molar-refractivity contribution < 1.29 is 19.1 Å². The molecule has 0 atom stereocenters. The zero-order valence-corrected chi connectivity index (χ0v) is 10.6. The van der Waals surface area contributed by atoms with Crippen LogP contribution in [0.4, 0.5) is 5.69 Å². The third-order valence-corrected chi connectivity index (χ3v) is 2.65. The quantitative estimate of drug-likeness (QED) is 0.715. The third-order valence-electron chi connectivity index (χ3n) is 2.65. The Balaban J connectivity index is 1.87. The monoisotopic (exact) mass is 274 g/mol. The summed E-state index contributed by atoms with van der Waals surface area (Å²) in [6, 6.07) is 9.94. The summed E-state index contributed by atoms with van der Waals surface area (Å²) in [4.78, 5) is 22.4. The van der Waals surface area contributed by atoms with Crippen molar-refractivity contribution in [1.82, 2.24) is 5.32 Å². The van der Waals surface area contributed by atoms with E-state index in [1.54, 1.807) is 18.2 Å². The van der Waals surface area contributed by atoms with Gasteiger partial charge in [0.2, 0.25) is 11.7 Å². The molecule has 0 saturated carbocycles. The number of carbonyl (C=O) groups excluding carboxylic acids is 1. The number of nitrogens with one attached hydrogen (secondary N) is 1. The highest BCUT2D eigenvalue weighted by Gasteiger charge is 2.10. The van der Waals surface area contributed by atoms with E-state index in [0.717, 1.165) is 5.56 Å². The molecular weight excluding hydrogens is 260 g/mol. The van der Waals surface area contributed by atoms with Gasteiger partial charge in [-0.1, -0.05) is 12.1 Å². The number of nitrogens with two attached hydrogens (primary N) is 1. The summed E-state index contributed by atoms with van der Waals surface area (Å²) in [6.07, 6.45) is 0.206. The van der Waals surface area contributed by atoms with Crippen LogP contribution in [0.25, 0.3) is 0 Å². The van der Waals surface area contributed by atoms with Gasteiger partial charge < -0.3 is 20.6 Å². The SMILES string of the molecule is Nc1cccc(CC(=O)NCc2ccc(C(=O)O)o2)c1. The van der Waals surface area contributed by atoms with E-state index in [2.05, 4.69) is 5.32 Å². The van der Waals surface area contributed by atoms with Crippen molar-refractivity contribution in [3.63, 3.8) is 0 Å². The number of nitrogen functional groups attached to an aromatic ring is 1. The van der Waals surface area contributed by atoms with Crippen LogP contribution in [0.2, 0.25) is 0 Å². The molecule has 20 heavy (non-hydrogen) atoms. The highest BCUT2D eigenvalue weighted by molar-refractivity contribution is 5.84. The summed E-state index contributed by atoms with van der Waals surface area (Å²) in [5.74, 6) is -1.08. The molecule has 0 aliphatic rings.